The molecule has 2 aliphatic carbocycles. The highest BCUT2D eigenvalue weighted by Gasteiger charge is 2.52. The van der Waals surface area contributed by atoms with Crippen molar-refractivity contribution in [2.24, 2.45) is 29.1 Å². The smallest absolute Gasteiger partial charge is 0.402 e. The monoisotopic (exact) mass is 458 g/mol. The van der Waals surface area contributed by atoms with Gasteiger partial charge in [0.05, 0.1) is 26.4 Å². The normalized spacial score (nSPS) is 35.8. The molecule has 0 aromatic carbocycles. The van der Waals surface area contributed by atoms with Gasteiger partial charge < -0.3 is 29.2 Å². The van der Waals surface area contributed by atoms with E-state index in [2.05, 4.69) is 41.5 Å². The fourth-order valence-electron chi connectivity index (χ4n) is 5.63. The SMILES string of the molecule is CC1CCC(C(C)C)C(OCCO)(OC(=O)OC2(OCCO)CCCC(C)(C(C)C)C2)C1. The molecule has 5 unspecified atom stereocenters. The Bertz CT molecular complexity index is 595. The van der Waals surface area contributed by atoms with E-state index in [1.54, 1.807) is 0 Å². The van der Waals surface area contributed by atoms with E-state index >= 15 is 0 Å². The van der Waals surface area contributed by atoms with Crippen LogP contribution in [0.15, 0.2) is 0 Å². The molecular formula is C25H46O7. The van der Waals surface area contributed by atoms with Crippen LogP contribution in [0, 0.1) is 29.1 Å². The molecule has 2 rings (SSSR count). The summed E-state index contributed by atoms with van der Waals surface area (Å²) in [5.74, 6) is -1.27. The number of hydrogen-bond donors (Lipinski definition) is 2. The first kappa shape index (κ1) is 27.4. The molecule has 0 amide bonds. The van der Waals surface area contributed by atoms with E-state index in [1.165, 1.54) is 0 Å². The maximum atomic E-state index is 13.2. The van der Waals surface area contributed by atoms with Crippen molar-refractivity contribution in [1.82, 2.24) is 0 Å². The fourth-order valence-corrected chi connectivity index (χ4v) is 5.63. The lowest BCUT2D eigenvalue weighted by atomic mass is 9.66. The van der Waals surface area contributed by atoms with Crippen LogP contribution in [0.1, 0.15) is 86.5 Å². The van der Waals surface area contributed by atoms with Crippen LogP contribution in [0.25, 0.3) is 0 Å². The summed E-state index contributed by atoms with van der Waals surface area (Å²) in [6.45, 7) is 12.8. The third-order valence-corrected chi connectivity index (χ3v) is 7.77. The van der Waals surface area contributed by atoms with Crippen LogP contribution in [-0.2, 0) is 18.9 Å². The van der Waals surface area contributed by atoms with Crippen LogP contribution in [0.5, 0.6) is 0 Å². The van der Waals surface area contributed by atoms with Gasteiger partial charge in [0, 0.05) is 25.2 Å². The number of rotatable bonds is 10. The minimum absolute atomic E-state index is 0.0133. The second-order valence-corrected chi connectivity index (χ2v) is 10.9. The van der Waals surface area contributed by atoms with Crippen molar-refractivity contribution in [3.05, 3.63) is 0 Å². The summed E-state index contributed by atoms with van der Waals surface area (Å²) in [6.07, 6.45) is 4.72. The third kappa shape index (κ3) is 6.58. The molecule has 5 atom stereocenters. The molecule has 0 spiro atoms. The molecule has 0 aromatic rings. The molecule has 0 heterocycles. The quantitative estimate of drug-likeness (QED) is 0.356. The van der Waals surface area contributed by atoms with E-state index in [9.17, 15) is 15.0 Å². The van der Waals surface area contributed by atoms with Gasteiger partial charge in [0.1, 0.15) is 0 Å². The summed E-state index contributed by atoms with van der Waals surface area (Å²) >= 11 is 0. The first-order valence-electron chi connectivity index (χ1n) is 12.4. The number of aliphatic hydroxyl groups excluding tert-OH is 2. The topological polar surface area (TPSA) is 94.5 Å². The lowest BCUT2D eigenvalue weighted by molar-refractivity contribution is -0.300. The highest BCUT2D eigenvalue weighted by atomic mass is 16.8. The third-order valence-electron chi connectivity index (χ3n) is 7.77. The van der Waals surface area contributed by atoms with Gasteiger partial charge in [-0.1, -0.05) is 41.5 Å². The first-order chi connectivity index (χ1) is 15.0. The van der Waals surface area contributed by atoms with Crippen molar-refractivity contribution in [1.29, 1.82) is 0 Å². The Labute approximate surface area is 194 Å². The average molecular weight is 459 g/mol. The number of ether oxygens (including phenoxy) is 4. The Morgan fingerprint density at radius 3 is 2.25 bits per heavy atom. The maximum Gasteiger partial charge on any atom is 0.513 e. The van der Waals surface area contributed by atoms with Crippen LogP contribution in [0.4, 0.5) is 4.79 Å². The average Bonchev–Trinajstić information content (AvgIpc) is 2.70. The van der Waals surface area contributed by atoms with Gasteiger partial charge in [-0.25, -0.2) is 4.79 Å². The Kier molecular flexibility index (Phi) is 9.83. The Hall–Kier alpha value is -0.890. The van der Waals surface area contributed by atoms with Crippen LogP contribution < -0.4 is 0 Å². The number of hydrogen-bond acceptors (Lipinski definition) is 7. The first-order valence-corrected chi connectivity index (χ1v) is 12.4. The molecule has 188 valence electrons. The van der Waals surface area contributed by atoms with Crippen molar-refractivity contribution < 1.29 is 34.0 Å². The summed E-state index contributed by atoms with van der Waals surface area (Å²) in [5, 5.41) is 18.8. The molecule has 7 heteroatoms. The van der Waals surface area contributed by atoms with Crippen molar-refractivity contribution in [2.75, 3.05) is 26.4 Å². The lowest BCUT2D eigenvalue weighted by Crippen LogP contribution is -2.53. The van der Waals surface area contributed by atoms with Gasteiger partial charge in [0.15, 0.2) is 0 Å². The van der Waals surface area contributed by atoms with Gasteiger partial charge in [-0.05, 0) is 48.9 Å². The second-order valence-electron chi connectivity index (χ2n) is 10.9. The van der Waals surface area contributed by atoms with E-state index in [0.29, 0.717) is 31.1 Å². The molecule has 0 saturated heterocycles. The van der Waals surface area contributed by atoms with Gasteiger partial charge in [-0.2, -0.15) is 0 Å². The molecule has 7 nitrogen and oxygen atoms in total. The van der Waals surface area contributed by atoms with Gasteiger partial charge >= 0.3 is 6.16 Å². The number of carbonyl (C=O) groups excluding carboxylic acids is 1. The minimum atomic E-state index is -1.13. The molecule has 2 aliphatic rings. The van der Waals surface area contributed by atoms with E-state index in [4.69, 9.17) is 18.9 Å². The van der Waals surface area contributed by atoms with Crippen LogP contribution in [0.2, 0.25) is 0 Å². The highest BCUT2D eigenvalue weighted by molar-refractivity contribution is 5.61. The van der Waals surface area contributed by atoms with Crippen molar-refractivity contribution in [3.8, 4) is 0 Å². The summed E-state index contributed by atoms with van der Waals surface area (Å²) < 4.78 is 24.0. The Balaban J connectivity index is 2.26. The molecule has 2 N–H and O–H groups in total. The van der Waals surface area contributed by atoms with Crippen molar-refractivity contribution in [2.45, 2.75) is 98.1 Å². The molecule has 2 saturated carbocycles. The van der Waals surface area contributed by atoms with Gasteiger partial charge in [0.25, 0.3) is 0 Å². The molecule has 32 heavy (non-hydrogen) atoms. The molecule has 2 fully saturated rings. The highest BCUT2D eigenvalue weighted by Crippen LogP contribution is 2.49. The second kappa shape index (κ2) is 11.5. The Morgan fingerprint density at radius 2 is 1.66 bits per heavy atom. The van der Waals surface area contributed by atoms with Crippen LogP contribution >= 0.6 is 0 Å². The predicted octanol–water partition coefficient (Wildman–Crippen LogP) is 4.88. The molecule has 0 aromatic heterocycles. The fraction of sp³-hybridized carbons (Fsp3) is 0.960. The molecule has 0 aliphatic heterocycles. The number of carbonyl (C=O) groups is 1. The Morgan fingerprint density at radius 1 is 1.00 bits per heavy atom. The zero-order chi connectivity index (χ0) is 24.0. The predicted molar refractivity (Wildman–Crippen MR) is 122 cm³/mol. The van der Waals surface area contributed by atoms with Crippen LogP contribution in [0.3, 0.4) is 0 Å². The summed E-state index contributed by atoms with van der Waals surface area (Å²) in [5.41, 5.74) is -0.0428. The maximum absolute atomic E-state index is 13.2. The van der Waals surface area contributed by atoms with Crippen molar-refractivity contribution >= 4 is 6.16 Å². The summed E-state index contributed by atoms with van der Waals surface area (Å²) in [4.78, 5) is 13.2. The number of aliphatic hydroxyl groups is 2. The van der Waals surface area contributed by atoms with E-state index in [1.807, 2.05) is 0 Å². The van der Waals surface area contributed by atoms with Gasteiger partial charge in [0.2, 0.25) is 11.6 Å². The molecular weight excluding hydrogens is 412 g/mol. The van der Waals surface area contributed by atoms with E-state index in [-0.39, 0.29) is 43.7 Å². The zero-order valence-corrected chi connectivity index (χ0v) is 21.0. The standard InChI is InChI=1S/C25H46O7/c1-18(2)21-9-8-20(5)16-25(21,30-15-13-27)32-22(28)31-24(29-14-12-26)11-7-10-23(6,17-24)19(3)4/h18-21,26-27H,7-17H2,1-6H3. The largest absolute Gasteiger partial charge is 0.513 e. The minimum Gasteiger partial charge on any atom is -0.402 e. The van der Waals surface area contributed by atoms with E-state index in [0.717, 1.165) is 25.7 Å². The van der Waals surface area contributed by atoms with Crippen molar-refractivity contribution in [3.63, 3.8) is 0 Å². The molecule has 0 radical (unpaired) electrons. The lowest BCUT2D eigenvalue weighted by Gasteiger charge is -2.49. The van der Waals surface area contributed by atoms with E-state index < -0.39 is 17.7 Å². The summed E-state index contributed by atoms with van der Waals surface area (Å²) in [7, 11) is 0. The summed E-state index contributed by atoms with van der Waals surface area (Å²) in [6, 6.07) is 0. The van der Waals surface area contributed by atoms with Gasteiger partial charge in [-0.15, -0.1) is 0 Å². The van der Waals surface area contributed by atoms with Crippen LogP contribution in [-0.4, -0.2) is 54.4 Å². The zero-order valence-electron chi connectivity index (χ0n) is 21.0. The van der Waals surface area contributed by atoms with Gasteiger partial charge in [-0.3, -0.25) is 0 Å². The molecule has 0 bridgehead atoms.